The number of aliphatic hydroxyl groups excluding tert-OH is 1. The van der Waals surface area contributed by atoms with Gasteiger partial charge in [0.05, 0.1) is 0 Å². The van der Waals surface area contributed by atoms with E-state index in [9.17, 15) is 0 Å². The van der Waals surface area contributed by atoms with Crippen LogP contribution >= 0.6 is 0 Å². The molecule has 0 aliphatic heterocycles. The summed E-state index contributed by atoms with van der Waals surface area (Å²) in [6, 6.07) is 1.61. The number of unbranched alkanes of at least 4 members (excludes halogenated alkanes) is 1. The van der Waals surface area contributed by atoms with Crippen molar-refractivity contribution in [1.82, 2.24) is 0 Å². The molecule has 0 rings (SSSR count). The summed E-state index contributed by atoms with van der Waals surface area (Å²) in [5, 5.41) is 16.6. The fourth-order valence-corrected chi connectivity index (χ4v) is 0.326. The largest absolute Gasteiger partial charge is 0.368 e. The van der Waals surface area contributed by atoms with Gasteiger partial charge in [-0.1, -0.05) is 18.8 Å². The van der Waals surface area contributed by atoms with Crippen LogP contribution in [0, 0.1) is 23.2 Å². The number of rotatable bonds is 1. The first-order valence-corrected chi connectivity index (χ1v) is 2.87. The quantitative estimate of drug-likeness (QED) is 0.411. The van der Waals surface area contributed by atoms with E-state index in [1.165, 1.54) is 0 Å². The molecule has 1 atom stereocenters. The van der Waals surface area contributed by atoms with Crippen molar-refractivity contribution in [3.63, 3.8) is 0 Å². The van der Waals surface area contributed by atoms with Crippen LogP contribution in [0.5, 0.6) is 0 Å². The van der Waals surface area contributed by atoms with Crippen molar-refractivity contribution in [2.45, 2.75) is 25.9 Å². The number of nitriles is 1. The minimum Gasteiger partial charge on any atom is -0.368 e. The molecule has 0 heterocycles. The maximum atomic E-state index is 8.55. The lowest BCUT2D eigenvalue weighted by molar-refractivity contribution is 0.287. The zero-order valence-corrected chi connectivity index (χ0v) is 5.39. The molecule has 0 aromatic rings. The summed E-state index contributed by atoms with van der Waals surface area (Å²) >= 11 is 0. The lowest BCUT2D eigenvalue weighted by atomic mass is 10.3. The zero-order valence-electron chi connectivity index (χ0n) is 5.39. The molecule has 0 aromatic carbocycles. The van der Waals surface area contributed by atoms with Crippen LogP contribution in [-0.2, 0) is 0 Å². The maximum absolute atomic E-state index is 8.55. The van der Waals surface area contributed by atoms with Gasteiger partial charge in [-0.3, -0.25) is 0 Å². The SMILES string of the molecule is CCCC#CC(O)C#N. The van der Waals surface area contributed by atoms with E-state index < -0.39 is 6.10 Å². The van der Waals surface area contributed by atoms with Crippen LogP contribution in [0.15, 0.2) is 0 Å². The topological polar surface area (TPSA) is 44.0 Å². The van der Waals surface area contributed by atoms with Crippen LogP contribution in [0.25, 0.3) is 0 Å². The molecule has 9 heavy (non-hydrogen) atoms. The summed E-state index contributed by atoms with van der Waals surface area (Å²) < 4.78 is 0. The molecule has 0 bridgehead atoms. The Kier molecular flexibility index (Phi) is 4.59. The van der Waals surface area contributed by atoms with Gasteiger partial charge in [0, 0.05) is 6.42 Å². The van der Waals surface area contributed by atoms with Crippen LogP contribution in [0.1, 0.15) is 19.8 Å². The lowest BCUT2D eigenvalue weighted by Crippen LogP contribution is -1.95. The third kappa shape index (κ3) is 4.87. The average Bonchev–Trinajstić information content (AvgIpc) is 1.89. The highest BCUT2D eigenvalue weighted by atomic mass is 16.3. The second kappa shape index (κ2) is 5.15. The van der Waals surface area contributed by atoms with Gasteiger partial charge in [-0.05, 0) is 6.42 Å². The van der Waals surface area contributed by atoms with Gasteiger partial charge in [-0.25, -0.2) is 0 Å². The van der Waals surface area contributed by atoms with Gasteiger partial charge >= 0.3 is 0 Å². The number of nitrogens with zero attached hydrogens (tertiary/aromatic N) is 1. The molecular weight excluding hydrogens is 114 g/mol. The second-order valence-corrected chi connectivity index (χ2v) is 1.60. The average molecular weight is 123 g/mol. The summed E-state index contributed by atoms with van der Waals surface area (Å²) in [4.78, 5) is 0. The van der Waals surface area contributed by atoms with Gasteiger partial charge < -0.3 is 5.11 Å². The van der Waals surface area contributed by atoms with E-state index in [4.69, 9.17) is 10.4 Å². The molecule has 1 unspecified atom stereocenters. The summed E-state index contributed by atoms with van der Waals surface area (Å²) in [7, 11) is 0. The van der Waals surface area contributed by atoms with Gasteiger partial charge in [0.25, 0.3) is 0 Å². The van der Waals surface area contributed by atoms with Crippen molar-refractivity contribution in [2.24, 2.45) is 0 Å². The highest BCUT2D eigenvalue weighted by Crippen LogP contribution is 1.82. The standard InChI is InChI=1S/C7H9NO/c1-2-3-4-5-7(9)6-8/h7,9H,2-3H2,1H3. The minimum absolute atomic E-state index is 0.749. The summed E-state index contributed by atoms with van der Waals surface area (Å²) in [6.07, 6.45) is 0.612. The third-order valence-corrected chi connectivity index (χ3v) is 0.736. The molecule has 2 heteroatoms. The van der Waals surface area contributed by atoms with Crippen molar-refractivity contribution in [3.05, 3.63) is 0 Å². The Morgan fingerprint density at radius 1 is 1.67 bits per heavy atom. The summed E-state index contributed by atoms with van der Waals surface area (Å²) in [5.41, 5.74) is 0. The lowest BCUT2D eigenvalue weighted by Gasteiger charge is -1.82. The van der Waals surface area contributed by atoms with Crippen molar-refractivity contribution >= 4 is 0 Å². The van der Waals surface area contributed by atoms with Crippen molar-refractivity contribution < 1.29 is 5.11 Å². The number of aliphatic hydroxyl groups is 1. The van der Waals surface area contributed by atoms with Gasteiger partial charge in [-0.15, -0.1) is 0 Å². The normalized spacial score (nSPS) is 10.8. The molecule has 0 saturated carbocycles. The smallest absolute Gasteiger partial charge is 0.202 e. The molecule has 0 spiro atoms. The van der Waals surface area contributed by atoms with Crippen molar-refractivity contribution in [3.8, 4) is 17.9 Å². The van der Waals surface area contributed by atoms with Crippen LogP contribution in [-0.4, -0.2) is 11.2 Å². The highest BCUT2D eigenvalue weighted by Gasteiger charge is 1.88. The number of hydrogen-bond acceptors (Lipinski definition) is 2. The Labute approximate surface area is 55.1 Å². The first-order chi connectivity index (χ1) is 4.31. The Balaban J connectivity index is 3.49. The van der Waals surface area contributed by atoms with Crippen LogP contribution in [0.2, 0.25) is 0 Å². The summed E-state index contributed by atoms with van der Waals surface area (Å²) in [6.45, 7) is 1.99. The van der Waals surface area contributed by atoms with Crippen LogP contribution in [0.4, 0.5) is 0 Å². The van der Waals surface area contributed by atoms with E-state index >= 15 is 0 Å². The third-order valence-electron chi connectivity index (χ3n) is 0.736. The fraction of sp³-hybridized carbons (Fsp3) is 0.571. The van der Waals surface area contributed by atoms with E-state index in [2.05, 4.69) is 11.8 Å². The van der Waals surface area contributed by atoms with Gasteiger partial charge in [0.1, 0.15) is 6.07 Å². The van der Waals surface area contributed by atoms with Crippen molar-refractivity contribution in [2.75, 3.05) is 0 Å². The molecular formula is C7H9NO. The van der Waals surface area contributed by atoms with Crippen molar-refractivity contribution in [1.29, 1.82) is 5.26 Å². The molecule has 48 valence electrons. The molecule has 0 radical (unpaired) electrons. The zero-order chi connectivity index (χ0) is 7.11. The van der Waals surface area contributed by atoms with Crippen LogP contribution in [0.3, 0.4) is 0 Å². The Morgan fingerprint density at radius 2 is 2.33 bits per heavy atom. The van der Waals surface area contributed by atoms with Crippen LogP contribution < -0.4 is 0 Å². The molecule has 1 N–H and O–H groups in total. The van der Waals surface area contributed by atoms with E-state index in [-0.39, 0.29) is 0 Å². The minimum atomic E-state index is -1.10. The molecule has 0 fully saturated rings. The first kappa shape index (κ1) is 8.01. The van der Waals surface area contributed by atoms with E-state index in [1.54, 1.807) is 6.07 Å². The fourth-order valence-electron chi connectivity index (χ4n) is 0.326. The van der Waals surface area contributed by atoms with E-state index in [0.29, 0.717) is 0 Å². The number of hydrogen-bond donors (Lipinski definition) is 1. The van der Waals surface area contributed by atoms with Gasteiger partial charge in [0.15, 0.2) is 0 Å². The molecule has 0 aliphatic carbocycles. The molecule has 0 amide bonds. The highest BCUT2D eigenvalue weighted by molar-refractivity contribution is 5.12. The second-order valence-electron chi connectivity index (χ2n) is 1.60. The predicted molar refractivity (Wildman–Crippen MR) is 34.3 cm³/mol. The molecule has 0 aliphatic rings. The summed E-state index contributed by atoms with van der Waals surface area (Å²) in [5.74, 6) is 5.04. The molecule has 2 nitrogen and oxygen atoms in total. The van der Waals surface area contributed by atoms with Gasteiger partial charge in [-0.2, -0.15) is 5.26 Å². The Morgan fingerprint density at radius 3 is 2.78 bits per heavy atom. The first-order valence-electron chi connectivity index (χ1n) is 2.87. The molecule has 0 saturated heterocycles. The Bertz CT molecular complexity index is 158. The van der Waals surface area contributed by atoms with Gasteiger partial charge in [0.2, 0.25) is 6.10 Å². The maximum Gasteiger partial charge on any atom is 0.202 e. The van der Waals surface area contributed by atoms with E-state index in [0.717, 1.165) is 12.8 Å². The molecule has 0 aromatic heterocycles. The van der Waals surface area contributed by atoms with E-state index in [1.807, 2.05) is 6.92 Å². The monoisotopic (exact) mass is 123 g/mol. The predicted octanol–water partition coefficient (Wildman–Crippen LogP) is 0.674. The Hall–Kier alpha value is -0.990.